The van der Waals surface area contributed by atoms with Crippen molar-refractivity contribution in [3.05, 3.63) is 42.5 Å². The van der Waals surface area contributed by atoms with Gasteiger partial charge >= 0.3 is 0 Å². The maximum Gasteiger partial charge on any atom is 0.227 e. The zero-order chi connectivity index (χ0) is 16.4. The van der Waals surface area contributed by atoms with Gasteiger partial charge in [-0.1, -0.05) is 32.1 Å². The summed E-state index contributed by atoms with van der Waals surface area (Å²) in [6.07, 6.45) is 2.61. The molecule has 0 bridgehead atoms. The maximum absolute atomic E-state index is 11.9. The Bertz CT molecular complexity index is 531. The van der Waals surface area contributed by atoms with Crippen LogP contribution in [0.15, 0.2) is 41.9 Å². The standard InChI is InChI=1S/C17H26N4O.HI/c1-5-10-19-17(18-4)20-12-14-8-7-9-15(11-14)21-16(22)13(3)6-2;/h5,7-9,11,13H,1,6,10,12H2,2-4H3,(H,21,22)(H2,18,19,20);1H. The predicted molar refractivity (Wildman–Crippen MR) is 108 cm³/mol. The van der Waals surface area contributed by atoms with E-state index in [1.165, 1.54) is 0 Å². The number of anilines is 1. The van der Waals surface area contributed by atoms with Crippen molar-refractivity contribution in [3.63, 3.8) is 0 Å². The molecule has 0 saturated heterocycles. The van der Waals surface area contributed by atoms with Crippen LogP contribution in [-0.4, -0.2) is 25.5 Å². The Morgan fingerprint density at radius 2 is 2.13 bits per heavy atom. The van der Waals surface area contributed by atoms with Crippen LogP contribution < -0.4 is 16.0 Å². The van der Waals surface area contributed by atoms with E-state index < -0.39 is 0 Å². The van der Waals surface area contributed by atoms with Gasteiger partial charge in [-0.15, -0.1) is 30.6 Å². The molecule has 1 aromatic carbocycles. The van der Waals surface area contributed by atoms with Gasteiger partial charge in [-0.3, -0.25) is 9.79 Å². The molecule has 0 radical (unpaired) electrons. The molecule has 0 aliphatic carbocycles. The number of hydrogen-bond donors (Lipinski definition) is 3. The second-order valence-electron chi connectivity index (χ2n) is 5.09. The topological polar surface area (TPSA) is 65.5 Å². The van der Waals surface area contributed by atoms with Crippen LogP contribution in [0.1, 0.15) is 25.8 Å². The second kappa shape index (κ2) is 11.9. The smallest absolute Gasteiger partial charge is 0.227 e. The average Bonchev–Trinajstić information content (AvgIpc) is 2.54. The number of carbonyl (C=O) groups excluding carboxylic acids is 1. The van der Waals surface area contributed by atoms with Crippen LogP contribution in [0.4, 0.5) is 5.69 Å². The number of nitrogens with one attached hydrogen (secondary N) is 3. The van der Waals surface area contributed by atoms with E-state index in [0.29, 0.717) is 19.0 Å². The van der Waals surface area contributed by atoms with Gasteiger partial charge < -0.3 is 16.0 Å². The fourth-order valence-electron chi connectivity index (χ4n) is 1.79. The van der Waals surface area contributed by atoms with Crippen LogP contribution in [0.2, 0.25) is 0 Å². The summed E-state index contributed by atoms with van der Waals surface area (Å²) in [7, 11) is 1.72. The van der Waals surface area contributed by atoms with Crippen LogP contribution in [0, 0.1) is 5.92 Å². The molecule has 0 fully saturated rings. The lowest BCUT2D eigenvalue weighted by Crippen LogP contribution is -2.36. The summed E-state index contributed by atoms with van der Waals surface area (Å²) < 4.78 is 0. The molecule has 1 aromatic rings. The molecule has 23 heavy (non-hydrogen) atoms. The number of carbonyl (C=O) groups is 1. The molecule has 5 nitrogen and oxygen atoms in total. The highest BCUT2D eigenvalue weighted by Crippen LogP contribution is 2.13. The summed E-state index contributed by atoms with van der Waals surface area (Å²) in [6.45, 7) is 8.88. The maximum atomic E-state index is 11.9. The fourth-order valence-corrected chi connectivity index (χ4v) is 1.79. The van der Waals surface area contributed by atoms with E-state index in [1.807, 2.05) is 38.1 Å². The van der Waals surface area contributed by atoms with E-state index in [9.17, 15) is 4.79 Å². The zero-order valence-corrected chi connectivity index (χ0v) is 16.4. The van der Waals surface area contributed by atoms with Crippen molar-refractivity contribution in [3.8, 4) is 0 Å². The summed E-state index contributed by atoms with van der Waals surface area (Å²) in [6, 6.07) is 7.80. The number of amides is 1. The molecule has 1 rings (SSSR count). The first-order chi connectivity index (χ1) is 10.6. The normalized spacial score (nSPS) is 11.9. The summed E-state index contributed by atoms with van der Waals surface area (Å²) in [5.41, 5.74) is 1.89. The minimum Gasteiger partial charge on any atom is -0.353 e. The third-order valence-corrected chi connectivity index (χ3v) is 3.35. The first-order valence-electron chi connectivity index (χ1n) is 7.55. The van der Waals surface area contributed by atoms with Crippen LogP contribution >= 0.6 is 24.0 Å². The predicted octanol–water partition coefficient (Wildman–Crippen LogP) is 3.14. The lowest BCUT2D eigenvalue weighted by Gasteiger charge is -2.13. The average molecular weight is 430 g/mol. The van der Waals surface area contributed by atoms with Gasteiger partial charge in [0.25, 0.3) is 0 Å². The highest BCUT2D eigenvalue weighted by molar-refractivity contribution is 14.0. The Morgan fingerprint density at radius 3 is 2.74 bits per heavy atom. The SMILES string of the molecule is C=CCNC(=NC)NCc1cccc(NC(=O)C(C)CC)c1.I. The number of halogens is 1. The molecular weight excluding hydrogens is 403 g/mol. The molecule has 128 valence electrons. The van der Waals surface area contributed by atoms with Gasteiger partial charge in [0.15, 0.2) is 5.96 Å². The van der Waals surface area contributed by atoms with Gasteiger partial charge in [0.1, 0.15) is 0 Å². The third-order valence-electron chi connectivity index (χ3n) is 3.35. The van der Waals surface area contributed by atoms with Gasteiger partial charge in [-0.25, -0.2) is 0 Å². The lowest BCUT2D eigenvalue weighted by molar-refractivity contribution is -0.119. The zero-order valence-electron chi connectivity index (χ0n) is 14.1. The molecule has 1 atom stereocenters. The molecule has 0 aliphatic rings. The van der Waals surface area contributed by atoms with E-state index in [0.717, 1.165) is 17.7 Å². The molecule has 0 aliphatic heterocycles. The Labute approximate surface area is 156 Å². The molecule has 3 N–H and O–H groups in total. The van der Waals surface area contributed by atoms with Crippen molar-refractivity contribution in [2.75, 3.05) is 18.9 Å². The first-order valence-corrected chi connectivity index (χ1v) is 7.55. The second-order valence-corrected chi connectivity index (χ2v) is 5.09. The van der Waals surface area contributed by atoms with E-state index >= 15 is 0 Å². The van der Waals surface area contributed by atoms with Crippen LogP contribution in [0.3, 0.4) is 0 Å². The Hall–Kier alpha value is -1.57. The summed E-state index contributed by atoms with van der Waals surface area (Å²) >= 11 is 0. The van der Waals surface area contributed by atoms with Crippen molar-refractivity contribution >= 4 is 41.5 Å². The van der Waals surface area contributed by atoms with Crippen LogP contribution in [0.5, 0.6) is 0 Å². The molecule has 0 heterocycles. The Kier molecular flexibility index (Phi) is 11.1. The minimum atomic E-state index is 0. The number of rotatable bonds is 7. The number of nitrogens with zero attached hydrogens (tertiary/aromatic N) is 1. The number of guanidine groups is 1. The van der Waals surface area contributed by atoms with Crippen molar-refractivity contribution in [1.82, 2.24) is 10.6 Å². The molecule has 1 unspecified atom stereocenters. The number of benzene rings is 1. The van der Waals surface area contributed by atoms with E-state index in [2.05, 4.69) is 27.5 Å². The lowest BCUT2D eigenvalue weighted by atomic mass is 10.1. The van der Waals surface area contributed by atoms with Crippen molar-refractivity contribution in [1.29, 1.82) is 0 Å². The van der Waals surface area contributed by atoms with Gasteiger partial charge in [-0.05, 0) is 24.1 Å². The Balaban J connectivity index is 0.00000484. The fraction of sp³-hybridized carbons (Fsp3) is 0.412. The number of hydrogen-bond acceptors (Lipinski definition) is 2. The highest BCUT2D eigenvalue weighted by Gasteiger charge is 2.10. The van der Waals surface area contributed by atoms with Crippen LogP contribution in [-0.2, 0) is 11.3 Å². The molecule has 6 heteroatoms. The quantitative estimate of drug-likeness (QED) is 0.270. The summed E-state index contributed by atoms with van der Waals surface area (Å²) in [4.78, 5) is 16.0. The molecule has 0 saturated carbocycles. The summed E-state index contributed by atoms with van der Waals surface area (Å²) in [5.74, 6) is 0.786. The van der Waals surface area contributed by atoms with Crippen molar-refractivity contribution in [2.45, 2.75) is 26.8 Å². The Morgan fingerprint density at radius 1 is 1.39 bits per heavy atom. The molecule has 0 spiro atoms. The number of aliphatic imine (C=N–C) groups is 1. The molecular formula is C17H27IN4O. The van der Waals surface area contributed by atoms with E-state index in [1.54, 1.807) is 13.1 Å². The third kappa shape index (κ3) is 8.01. The van der Waals surface area contributed by atoms with Gasteiger partial charge in [0.2, 0.25) is 5.91 Å². The molecule has 0 aromatic heterocycles. The van der Waals surface area contributed by atoms with E-state index in [-0.39, 0.29) is 35.8 Å². The van der Waals surface area contributed by atoms with Crippen molar-refractivity contribution < 1.29 is 4.79 Å². The summed E-state index contributed by atoms with van der Waals surface area (Å²) in [5, 5.41) is 9.27. The molecule has 1 amide bonds. The van der Waals surface area contributed by atoms with E-state index in [4.69, 9.17) is 0 Å². The van der Waals surface area contributed by atoms with Crippen LogP contribution in [0.25, 0.3) is 0 Å². The van der Waals surface area contributed by atoms with Gasteiger partial charge in [0.05, 0.1) is 0 Å². The van der Waals surface area contributed by atoms with Gasteiger partial charge in [0, 0.05) is 31.7 Å². The monoisotopic (exact) mass is 430 g/mol. The minimum absolute atomic E-state index is 0. The van der Waals surface area contributed by atoms with Gasteiger partial charge in [-0.2, -0.15) is 0 Å². The van der Waals surface area contributed by atoms with Crippen molar-refractivity contribution in [2.24, 2.45) is 10.9 Å². The largest absolute Gasteiger partial charge is 0.353 e. The first kappa shape index (κ1) is 21.4. The highest BCUT2D eigenvalue weighted by atomic mass is 127.